The average Bonchev–Trinajstić information content (AvgIpc) is 3.28. The van der Waals surface area contributed by atoms with Crippen LogP contribution in [-0.2, 0) is 13.0 Å². The fraction of sp³-hybridized carbons (Fsp3) is 0.348. The first kappa shape index (κ1) is 22.6. The van der Waals surface area contributed by atoms with Gasteiger partial charge < -0.3 is 10.3 Å². The zero-order valence-corrected chi connectivity index (χ0v) is 18.4. The Morgan fingerprint density at radius 3 is 2.58 bits per heavy atom. The van der Waals surface area contributed by atoms with Crippen molar-refractivity contribution in [2.75, 3.05) is 26.2 Å². The molecule has 4 rings (SSSR count). The van der Waals surface area contributed by atoms with E-state index < -0.39 is 10.8 Å². The highest BCUT2D eigenvalue weighted by Gasteiger charge is 2.27. The molecule has 10 nitrogen and oxygen atoms in total. The maximum atomic E-state index is 11.5. The second-order valence-electron chi connectivity index (χ2n) is 8.16. The smallest absolute Gasteiger partial charge is 0.274 e. The number of benzene rings is 2. The van der Waals surface area contributed by atoms with Crippen molar-refractivity contribution in [1.82, 2.24) is 19.9 Å². The van der Waals surface area contributed by atoms with Crippen LogP contribution < -0.4 is 5.73 Å². The van der Waals surface area contributed by atoms with Gasteiger partial charge in [-0.25, -0.2) is 0 Å². The third-order valence-corrected chi connectivity index (χ3v) is 5.96. The zero-order valence-electron chi connectivity index (χ0n) is 18.4. The highest BCUT2D eigenvalue weighted by molar-refractivity contribution is 5.93. The summed E-state index contributed by atoms with van der Waals surface area (Å²) < 4.78 is 5.52. The van der Waals surface area contributed by atoms with Gasteiger partial charge in [0.2, 0.25) is 11.8 Å². The summed E-state index contributed by atoms with van der Waals surface area (Å²) in [5, 5.41) is 15.6. The summed E-state index contributed by atoms with van der Waals surface area (Å²) in [6, 6.07) is 14.4. The number of nitrogens with two attached hydrogens (primary N) is 1. The molecule has 1 fully saturated rings. The van der Waals surface area contributed by atoms with E-state index in [0.29, 0.717) is 30.2 Å². The van der Waals surface area contributed by atoms with Gasteiger partial charge in [-0.1, -0.05) is 41.6 Å². The van der Waals surface area contributed by atoms with Crippen LogP contribution in [0, 0.1) is 10.1 Å². The molecule has 0 bridgehead atoms. The Balaban J connectivity index is 1.35. The maximum Gasteiger partial charge on any atom is 0.274 e. The first-order valence-electron chi connectivity index (χ1n) is 10.8. The molecular weight excluding hydrogens is 424 g/mol. The molecule has 0 aliphatic carbocycles. The van der Waals surface area contributed by atoms with Crippen molar-refractivity contribution in [3.63, 3.8) is 0 Å². The fourth-order valence-electron chi connectivity index (χ4n) is 4.01. The highest BCUT2D eigenvalue weighted by Crippen LogP contribution is 2.25. The van der Waals surface area contributed by atoms with Gasteiger partial charge in [-0.15, -0.1) is 0 Å². The monoisotopic (exact) mass is 450 g/mol. The number of amides is 1. The summed E-state index contributed by atoms with van der Waals surface area (Å²) in [4.78, 5) is 31.3. The van der Waals surface area contributed by atoms with E-state index in [-0.39, 0.29) is 17.3 Å². The molecule has 10 heteroatoms. The lowest BCUT2D eigenvalue weighted by atomic mass is 10.1. The second kappa shape index (κ2) is 9.88. The molecule has 1 amide bonds. The van der Waals surface area contributed by atoms with Crippen LogP contribution in [0.3, 0.4) is 0 Å². The Labute approximate surface area is 191 Å². The number of primary amides is 1. The summed E-state index contributed by atoms with van der Waals surface area (Å²) in [6.45, 7) is 5.49. The van der Waals surface area contributed by atoms with Crippen LogP contribution in [0.2, 0.25) is 0 Å². The van der Waals surface area contributed by atoms with E-state index in [9.17, 15) is 14.9 Å². The standard InChI is InChI=1S/C23H26N6O4/c1-16(23-25-21(26-33-23)13-17-5-3-2-4-6-17)28-11-9-27(10-12-28)15-19-8-7-18(22(24)30)14-20(19)29(31)32/h2-8,14,16H,9-13,15H2,1H3,(H2,24,30)/t16-/m1/s1. The molecule has 0 radical (unpaired) electrons. The van der Waals surface area contributed by atoms with E-state index in [4.69, 9.17) is 10.3 Å². The summed E-state index contributed by atoms with van der Waals surface area (Å²) in [6.07, 6.45) is 0.623. The number of nitro groups is 1. The number of nitro benzene ring substituents is 1. The first-order chi connectivity index (χ1) is 15.9. The molecule has 1 aliphatic rings. The lowest BCUT2D eigenvalue weighted by Gasteiger charge is -2.36. The van der Waals surface area contributed by atoms with Crippen molar-refractivity contribution in [2.45, 2.75) is 25.9 Å². The zero-order chi connectivity index (χ0) is 23.4. The number of carbonyl (C=O) groups excluding carboxylic acids is 1. The number of aromatic nitrogens is 2. The Kier molecular flexibility index (Phi) is 6.76. The summed E-state index contributed by atoms with van der Waals surface area (Å²) in [5.74, 6) is 0.570. The topological polar surface area (TPSA) is 132 Å². The van der Waals surface area contributed by atoms with Gasteiger partial charge in [0.05, 0.1) is 11.0 Å². The Hall–Kier alpha value is -3.63. The molecule has 2 aromatic carbocycles. The van der Waals surface area contributed by atoms with E-state index in [0.717, 1.165) is 31.7 Å². The molecule has 0 unspecified atom stereocenters. The minimum absolute atomic E-state index is 0.0200. The normalized spacial score (nSPS) is 15.9. The van der Waals surface area contributed by atoms with Gasteiger partial charge in [0.25, 0.3) is 5.69 Å². The molecule has 2 heterocycles. The molecule has 0 saturated carbocycles. The predicted octanol–water partition coefficient (Wildman–Crippen LogP) is 2.55. The van der Waals surface area contributed by atoms with Crippen LogP contribution in [0.4, 0.5) is 5.69 Å². The van der Waals surface area contributed by atoms with Gasteiger partial charge in [0.15, 0.2) is 5.82 Å². The van der Waals surface area contributed by atoms with Crippen molar-refractivity contribution in [2.24, 2.45) is 5.73 Å². The lowest BCUT2D eigenvalue weighted by Crippen LogP contribution is -2.46. The molecule has 172 valence electrons. The molecular formula is C23H26N6O4. The lowest BCUT2D eigenvalue weighted by molar-refractivity contribution is -0.385. The summed E-state index contributed by atoms with van der Waals surface area (Å²) in [7, 11) is 0. The minimum Gasteiger partial charge on any atom is -0.366 e. The quantitative estimate of drug-likeness (QED) is 0.409. The molecule has 1 aromatic heterocycles. The van der Waals surface area contributed by atoms with Gasteiger partial charge in [0.1, 0.15) is 0 Å². The van der Waals surface area contributed by atoms with E-state index >= 15 is 0 Å². The van der Waals surface area contributed by atoms with Crippen LogP contribution in [0.5, 0.6) is 0 Å². The Morgan fingerprint density at radius 2 is 1.91 bits per heavy atom. The summed E-state index contributed by atoms with van der Waals surface area (Å²) in [5.41, 5.74) is 7.00. The predicted molar refractivity (Wildman–Crippen MR) is 120 cm³/mol. The van der Waals surface area contributed by atoms with E-state index in [1.54, 1.807) is 6.07 Å². The highest BCUT2D eigenvalue weighted by atomic mass is 16.6. The van der Waals surface area contributed by atoms with Crippen molar-refractivity contribution < 1.29 is 14.2 Å². The van der Waals surface area contributed by atoms with Crippen molar-refractivity contribution in [3.05, 3.63) is 87.1 Å². The van der Waals surface area contributed by atoms with Gasteiger partial charge in [-0.2, -0.15) is 4.98 Å². The van der Waals surface area contributed by atoms with Crippen LogP contribution in [-0.4, -0.2) is 56.9 Å². The first-order valence-corrected chi connectivity index (χ1v) is 10.8. The number of rotatable bonds is 8. The number of hydrogen-bond acceptors (Lipinski definition) is 8. The molecule has 1 aliphatic heterocycles. The maximum absolute atomic E-state index is 11.5. The van der Waals surface area contributed by atoms with Gasteiger partial charge in [0, 0.05) is 56.3 Å². The van der Waals surface area contributed by atoms with Crippen molar-refractivity contribution >= 4 is 11.6 Å². The third-order valence-electron chi connectivity index (χ3n) is 5.96. The number of carbonyl (C=O) groups is 1. The molecule has 1 saturated heterocycles. The van der Waals surface area contributed by atoms with E-state index in [1.165, 1.54) is 12.1 Å². The fourth-order valence-corrected chi connectivity index (χ4v) is 4.01. The molecule has 33 heavy (non-hydrogen) atoms. The summed E-state index contributed by atoms with van der Waals surface area (Å²) >= 11 is 0. The Bertz CT molecular complexity index is 1120. The van der Waals surface area contributed by atoms with Crippen LogP contribution in [0.15, 0.2) is 53.1 Å². The second-order valence-corrected chi connectivity index (χ2v) is 8.16. The number of nitrogens with zero attached hydrogens (tertiary/aromatic N) is 5. The number of hydrogen-bond donors (Lipinski definition) is 1. The van der Waals surface area contributed by atoms with E-state index in [2.05, 4.69) is 19.9 Å². The SMILES string of the molecule is C[C@H](c1nc(Cc2ccccc2)no1)N1CCN(Cc2ccc(C(N)=O)cc2[N+](=O)[O-])CC1. The van der Waals surface area contributed by atoms with Crippen LogP contribution >= 0.6 is 0 Å². The molecule has 2 N–H and O–H groups in total. The minimum atomic E-state index is -0.680. The third kappa shape index (κ3) is 5.41. The van der Waals surface area contributed by atoms with Gasteiger partial charge >= 0.3 is 0 Å². The van der Waals surface area contributed by atoms with Gasteiger partial charge in [-0.3, -0.25) is 24.7 Å². The van der Waals surface area contributed by atoms with Gasteiger partial charge in [-0.05, 0) is 18.6 Å². The van der Waals surface area contributed by atoms with Crippen LogP contribution in [0.1, 0.15) is 46.2 Å². The Morgan fingerprint density at radius 1 is 1.18 bits per heavy atom. The van der Waals surface area contributed by atoms with Crippen molar-refractivity contribution in [3.8, 4) is 0 Å². The van der Waals surface area contributed by atoms with Crippen molar-refractivity contribution in [1.29, 1.82) is 0 Å². The number of piperazine rings is 1. The molecule has 0 spiro atoms. The average molecular weight is 450 g/mol. The molecule has 1 atom stereocenters. The largest absolute Gasteiger partial charge is 0.366 e. The molecule has 3 aromatic rings. The van der Waals surface area contributed by atoms with Crippen LogP contribution in [0.25, 0.3) is 0 Å². The van der Waals surface area contributed by atoms with E-state index in [1.807, 2.05) is 37.3 Å².